The van der Waals surface area contributed by atoms with Gasteiger partial charge in [0.2, 0.25) is 0 Å². The molecule has 4 heterocycles. The quantitative estimate of drug-likeness (QED) is 0.649. The summed E-state index contributed by atoms with van der Waals surface area (Å²) in [4.78, 5) is 18.7. The van der Waals surface area contributed by atoms with Crippen molar-refractivity contribution in [2.24, 2.45) is 0 Å². The van der Waals surface area contributed by atoms with Gasteiger partial charge < -0.3 is 4.74 Å². The highest BCUT2D eigenvalue weighted by Gasteiger charge is 2.41. The second-order valence-electron chi connectivity index (χ2n) is 7.41. The first kappa shape index (κ1) is 17.0. The molecule has 0 amide bonds. The summed E-state index contributed by atoms with van der Waals surface area (Å²) in [5.74, 6) is 0.468. The molecule has 5 nitrogen and oxygen atoms in total. The molecule has 6 rings (SSSR count). The Morgan fingerprint density at radius 3 is 2.41 bits per heavy atom. The van der Waals surface area contributed by atoms with Crippen molar-refractivity contribution in [3.8, 4) is 11.3 Å². The van der Waals surface area contributed by atoms with E-state index >= 15 is 0 Å². The number of ether oxygens (including phenoxy) is 1. The maximum atomic E-state index is 14.7. The van der Waals surface area contributed by atoms with Crippen molar-refractivity contribution in [3.05, 3.63) is 46.3 Å². The van der Waals surface area contributed by atoms with Gasteiger partial charge in [0, 0.05) is 16.5 Å². The Labute approximate surface area is 161 Å². The average Bonchev–Trinajstić information content (AvgIpc) is 2.62. The maximum absolute atomic E-state index is 14.7. The second-order valence-corrected chi connectivity index (χ2v) is 7.84. The Kier molecular flexibility index (Phi) is 3.88. The van der Waals surface area contributed by atoms with Crippen LogP contribution in [0.1, 0.15) is 42.4 Å². The molecule has 138 valence electrons. The molecular weight excluding hydrogens is 367 g/mol. The molecule has 0 spiro atoms. The third kappa shape index (κ3) is 2.87. The zero-order chi connectivity index (χ0) is 18.7. The molecule has 27 heavy (non-hydrogen) atoms. The number of aromatic nitrogens is 4. The van der Waals surface area contributed by atoms with Crippen LogP contribution in [-0.2, 0) is 4.74 Å². The minimum absolute atomic E-state index is 0.199. The summed E-state index contributed by atoms with van der Waals surface area (Å²) in [6.07, 6.45) is 3.47. The molecule has 2 unspecified atom stereocenters. The van der Waals surface area contributed by atoms with Crippen LogP contribution in [0, 0.1) is 19.7 Å². The van der Waals surface area contributed by atoms with Gasteiger partial charge in [0.05, 0.1) is 23.6 Å². The number of aryl methyl sites for hydroxylation is 2. The number of hydrogen-bond acceptors (Lipinski definition) is 5. The van der Waals surface area contributed by atoms with Crippen molar-refractivity contribution < 1.29 is 9.13 Å². The van der Waals surface area contributed by atoms with E-state index in [1.165, 1.54) is 6.07 Å². The molecule has 3 aromatic rings. The summed E-state index contributed by atoms with van der Waals surface area (Å²) in [5.41, 5.74) is 3.45. The van der Waals surface area contributed by atoms with Gasteiger partial charge in [-0.25, -0.2) is 24.3 Å². The molecule has 3 aliphatic rings. The van der Waals surface area contributed by atoms with Crippen LogP contribution < -0.4 is 0 Å². The molecular formula is C20H18ClFN4O. The Bertz CT molecular complexity index is 1060. The lowest BCUT2D eigenvalue weighted by Gasteiger charge is -2.44. The number of benzene rings is 1. The van der Waals surface area contributed by atoms with Gasteiger partial charge in [0.15, 0.2) is 5.65 Å². The van der Waals surface area contributed by atoms with Crippen molar-refractivity contribution in [1.82, 2.24) is 19.9 Å². The van der Waals surface area contributed by atoms with Gasteiger partial charge in [-0.3, -0.25) is 0 Å². The molecule has 2 aliphatic heterocycles. The fraction of sp³-hybridized carbons (Fsp3) is 0.400. The molecule has 0 N–H and O–H groups in total. The molecule has 1 saturated carbocycles. The summed E-state index contributed by atoms with van der Waals surface area (Å²) < 4.78 is 20.4. The van der Waals surface area contributed by atoms with Gasteiger partial charge in [0.25, 0.3) is 0 Å². The molecule has 2 atom stereocenters. The average molecular weight is 385 g/mol. The summed E-state index contributed by atoms with van der Waals surface area (Å²) in [6, 6.07) is 4.59. The Balaban J connectivity index is 1.72. The van der Waals surface area contributed by atoms with Crippen LogP contribution in [0.5, 0.6) is 0 Å². The zero-order valence-electron chi connectivity index (χ0n) is 15.0. The highest BCUT2D eigenvalue weighted by atomic mass is 35.5. The van der Waals surface area contributed by atoms with Crippen molar-refractivity contribution >= 4 is 22.8 Å². The molecule has 3 fully saturated rings. The van der Waals surface area contributed by atoms with Crippen LogP contribution in [0.25, 0.3) is 22.4 Å². The van der Waals surface area contributed by atoms with Gasteiger partial charge in [-0.2, -0.15) is 0 Å². The van der Waals surface area contributed by atoms with Gasteiger partial charge in [0.1, 0.15) is 22.9 Å². The van der Waals surface area contributed by atoms with Crippen LogP contribution in [-0.4, -0.2) is 32.1 Å². The smallest absolute Gasteiger partial charge is 0.182 e. The third-order valence-electron chi connectivity index (χ3n) is 5.52. The van der Waals surface area contributed by atoms with Gasteiger partial charge in [-0.1, -0.05) is 11.6 Å². The lowest BCUT2D eigenvalue weighted by atomic mass is 9.80. The monoisotopic (exact) mass is 384 g/mol. The van der Waals surface area contributed by atoms with E-state index in [1.807, 2.05) is 13.8 Å². The molecule has 2 saturated heterocycles. The fourth-order valence-electron chi connectivity index (χ4n) is 3.98. The topological polar surface area (TPSA) is 60.8 Å². The zero-order valence-corrected chi connectivity index (χ0v) is 15.8. The summed E-state index contributed by atoms with van der Waals surface area (Å²) in [5, 5.41) is 0.345. The SMILES string of the molecule is Cc1nc2nc(C3CC4CC(C3)O4)nc(-c3ccc(Cl)cc3F)c2nc1C. The van der Waals surface area contributed by atoms with Crippen molar-refractivity contribution in [2.45, 2.75) is 51.2 Å². The Morgan fingerprint density at radius 1 is 1.00 bits per heavy atom. The number of rotatable bonds is 2. The molecule has 1 aliphatic carbocycles. The van der Waals surface area contributed by atoms with E-state index in [0.717, 1.165) is 30.7 Å². The lowest BCUT2D eigenvalue weighted by Crippen LogP contribution is -2.44. The standard InChI is InChI=1S/C20H18ClFN4O/c1-9-10(2)24-20-18(23-9)17(15-4-3-12(21)7-16(15)22)25-19(26-20)11-5-13-8-14(6-11)27-13/h3-4,7,11,13-14H,5-6,8H2,1-2H3. The molecule has 0 radical (unpaired) electrons. The van der Waals surface area contributed by atoms with Crippen LogP contribution in [0.15, 0.2) is 18.2 Å². The normalized spacial score (nSPS) is 24.1. The molecule has 2 aromatic heterocycles. The number of fused-ring (bicyclic) bond motifs is 3. The fourth-order valence-corrected chi connectivity index (χ4v) is 4.14. The van der Waals surface area contributed by atoms with E-state index in [1.54, 1.807) is 12.1 Å². The van der Waals surface area contributed by atoms with Crippen LogP contribution >= 0.6 is 11.6 Å². The number of halogens is 2. The molecule has 1 aromatic carbocycles. The minimum Gasteiger partial charge on any atom is -0.375 e. The van der Waals surface area contributed by atoms with E-state index in [0.29, 0.717) is 33.3 Å². The predicted octanol–water partition coefficient (Wildman–Crippen LogP) is 4.53. The second kappa shape index (κ2) is 6.17. The predicted molar refractivity (Wildman–Crippen MR) is 100 cm³/mol. The molecule has 7 heteroatoms. The highest BCUT2D eigenvalue weighted by Crippen LogP contribution is 2.43. The largest absolute Gasteiger partial charge is 0.375 e. The number of hydrogen-bond donors (Lipinski definition) is 0. The Hall–Kier alpha value is -2.18. The van der Waals surface area contributed by atoms with E-state index in [4.69, 9.17) is 26.3 Å². The minimum atomic E-state index is -0.427. The third-order valence-corrected chi connectivity index (χ3v) is 5.75. The summed E-state index contributed by atoms with van der Waals surface area (Å²) in [6.45, 7) is 3.78. The van der Waals surface area contributed by atoms with Crippen LogP contribution in [0.3, 0.4) is 0 Å². The van der Waals surface area contributed by atoms with Gasteiger partial charge >= 0.3 is 0 Å². The highest BCUT2D eigenvalue weighted by molar-refractivity contribution is 6.30. The van der Waals surface area contributed by atoms with Crippen molar-refractivity contribution in [2.75, 3.05) is 0 Å². The number of nitrogens with zero attached hydrogens (tertiary/aromatic N) is 4. The van der Waals surface area contributed by atoms with Crippen LogP contribution in [0.4, 0.5) is 4.39 Å². The van der Waals surface area contributed by atoms with E-state index < -0.39 is 5.82 Å². The van der Waals surface area contributed by atoms with Gasteiger partial charge in [-0.15, -0.1) is 0 Å². The van der Waals surface area contributed by atoms with Crippen molar-refractivity contribution in [3.63, 3.8) is 0 Å². The van der Waals surface area contributed by atoms with Gasteiger partial charge in [-0.05, 0) is 51.3 Å². The Morgan fingerprint density at radius 2 is 1.70 bits per heavy atom. The lowest BCUT2D eigenvalue weighted by molar-refractivity contribution is -0.163. The van der Waals surface area contributed by atoms with Crippen molar-refractivity contribution in [1.29, 1.82) is 0 Å². The summed E-state index contributed by atoms with van der Waals surface area (Å²) >= 11 is 5.93. The van der Waals surface area contributed by atoms with E-state index in [-0.39, 0.29) is 18.1 Å². The first-order chi connectivity index (χ1) is 13.0. The van der Waals surface area contributed by atoms with Crippen LogP contribution in [0.2, 0.25) is 5.02 Å². The first-order valence-electron chi connectivity index (χ1n) is 9.11. The molecule has 2 bridgehead atoms. The first-order valence-corrected chi connectivity index (χ1v) is 9.49. The van der Waals surface area contributed by atoms with E-state index in [9.17, 15) is 4.39 Å². The maximum Gasteiger partial charge on any atom is 0.182 e. The summed E-state index contributed by atoms with van der Waals surface area (Å²) in [7, 11) is 0. The van der Waals surface area contributed by atoms with E-state index in [2.05, 4.69) is 9.97 Å².